The van der Waals surface area contributed by atoms with Crippen molar-refractivity contribution < 1.29 is 8.78 Å². The third-order valence-electron chi connectivity index (χ3n) is 3.61. The minimum Gasteiger partial charge on any atom is -0.311 e. The summed E-state index contributed by atoms with van der Waals surface area (Å²) in [4.78, 5) is 0. The first-order valence-corrected chi connectivity index (χ1v) is 6.10. The highest BCUT2D eigenvalue weighted by atomic mass is 35.5. The van der Waals surface area contributed by atoms with Gasteiger partial charge < -0.3 is 5.32 Å². The zero-order chi connectivity index (χ0) is 11.8. The molecule has 2 aliphatic rings. The van der Waals surface area contributed by atoms with E-state index in [4.69, 9.17) is 0 Å². The van der Waals surface area contributed by atoms with Gasteiger partial charge in [-0.05, 0) is 43.4 Å². The van der Waals surface area contributed by atoms with Crippen LogP contribution in [0.1, 0.15) is 31.2 Å². The lowest BCUT2D eigenvalue weighted by molar-refractivity contribution is 0.476. The van der Waals surface area contributed by atoms with E-state index in [9.17, 15) is 8.78 Å². The summed E-state index contributed by atoms with van der Waals surface area (Å²) >= 11 is 0. The second-order valence-electron chi connectivity index (χ2n) is 5.05. The van der Waals surface area contributed by atoms with Crippen LogP contribution < -0.4 is 5.32 Å². The Labute approximate surface area is 112 Å². The molecular formula is C14H16ClF2N. The molecule has 1 aromatic rings. The maximum atomic E-state index is 13.1. The lowest BCUT2D eigenvalue weighted by Crippen LogP contribution is -2.34. The molecule has 4 heteroatoms. The van der Waals surface area contributed by atoms with E-state index >= 15 is 0 Å². The molecule has 2 atom stereocenters. The molecule has 1 N–H and O–H groups in total. The van der Waals surface area contributed by atoms with E-state index in [2.05, 4.69) is 5.32 Å². The van der Waals surface area contributed by atoms with Gasteiger partial charge in [0.25, 0.3) is 0 Å². The summed E-state index contributed by atoms with van der Waals surface area (Å²) < 4.78 is 26.1. The molecule has 18 heavy (non-hydrogen) atoms. The number of hydrogen-bond donors (Lipinski definition) is 1. The van der Waals surface area contributed by atoms with Crippen molar-refractivity contribution in [1.29, 1.82) is 0 Å². The van der Waals surface area contributed by atoms with Gasteiger partial charge in [0.1, 0.15) is 11.6 Å². The van der Waals surface area contributed by atoms with E-state index in [1.54, 1.807) is 0 Å². The molecule has 1 aromatic carbocycles. The molecule has 2 saturated heterocycles. The minimum atomic E-state index is -0.506. The Hall–Kier alpha value is -0.930. The van der Waals surface area contributed by atoms with Crippen molar-refractivity contribution in [2.45, 2.75) is 37.8 Å². The van der Waals surface area contributed by atoms with Crippen LogP contribution in [0.25, 0.3) is 6.08 Å². The third-order valence-corrected chi connectivity index (χ3v) is 3.61. The summed E-state index contributed by atoms with van der Waals surface area (Å²) in [6, 6.07) is 4.82. The van der Waals surface area contributed by atoms with Crippen LogP contribution in [0.3, 0.4) is 0 Å². The van der Waals surface area contributed by atoms with Crippen LogP contribution in [0.15, 0.2) is 23.8 Å². The summed E-state index contributed by atoms with van der Waals surface area (Å²) in [5, 5.41) is 3.54. The fourth-order valence-corrected chi connectivity index (χ4v) is 2.95. The Kier molecular flexibility index (Phi) is 4.03. The predicted molar refractivity (Wildman–Crippen MR) is 70.8 cm³/mol. The van der Waals surface area contributed by atoms with Crippen molar-refractivity contribution in [1.82, 2.24) is 5.32 Å². The maximum absolute atomic E-state index is 13.1. The average molecular weight is 272 g/mol. The Bertz CT molecular complexity index is 439. The number of rotatable bonds is 1. The molecule has 3 rings (SSSR count). The Balaban J connectivity index is 0.00000120. The van der Waals surface area contributed by atoms with Crippen molar-refractivity contribution in [3.63, 3.8) is 0 Å². The Morgan fingerprint density at radius 2 is 1.56 bits per heavy atom. The van der Waals surface area contributed by atoms with Gasteiger partial charge in [-0.2, -0.15) is 0 Å². The van der Waals surface area contributed by atoms with E-state index in [1.165, 1.54) is 30.5 Å². The number of benzene rings is 1. The van der Waals surface area contributed by atoms with Gasteiger partial charge in [-0.15, -0.1) is 12.4 Å². The van der Waals surface area contributed by atoms with Crippen molar-refractivity contribution in [3.05, 3.63) is 41.0 Å². The van der Waals surface area contributed by atoms with Gasteiger partial charge in [0, 0.05) is 18.2 Å². The lowest BCUT2D eigenvalue weighted by Gasteiger charge is -2.23. The molecular weight excluding hydrogens is 256 g/mol. The van der Waals surface area contributed by atoms with Gasteiger partial charge in [0.2, 0.25) is 0 Å². The molecule has 1 nitrogen and oxygen atoms in total. The van der Waals surface area contributed by atoms with Crippen LogP contribution in [0.5, 0.6) is 0 Å². The van der Waals surface area contributed by atoms with E-state index in [-0.39, 0.29) is 12.4 Å². The Morgan fingerprint density at radius 3 is 2.11 bits per heavy atom. The SMILES string of the molecule is Cl.Fc1cc(F)cc(C=C2CC3CCC(C2)N3)c1. The molecule has 2 aliphatic heterocycles. The average Bonchev–Trinajstić information content (AvgIpc) is 2.56. The van der Waals surface area contributed by atoms with Crippen LogP contribution in [0.4, 0.5) is 8.78 Å². The molecule has 2 unspecified atom stereocenters. The second-order valence-corrected chi connectivity index (χ2v) is 5.05. The standard InChI is InChI=1S/C14H15F2N.ClH/c15-11-4-9(5-12(16)8-11)3-10-6-13-1-2-14(7-10)17-13;/h3-5,8,13-14,17H,1-2,6-7H2;1H. The highest BCUT2D eigenvalue weighted by molar-refractivity contribution is 5.85. The van der Waals surface area contributed by atoms with Gasteiger partial charge in [-0.3, -0.25) is 0 Å². The first kappa shape index (κ1) is 13.5. The minimum absolute atomic E-state index is 0. The highest BCUT2D eigenvalue weighted by Gasteiger charge is 2.29. The first-order valence-electron chi connectivity index (χ1n) is 6.10. The molecule has 0 spiro atoms. The van der Waals surface area contributed by atoms with Crippen molar-refractivity contribution in [2.24, 2.45) is 0 Å². The van der Waals surface area contributed by atoms with E-state index in [0.717, 1.165) is 18.9 Å². The molecule has 0 amide bonds. The molecule has 2 fully saturated rings. The molecule has 0 saturated carbocycles. The quantitative estimate of drug-likeness (QED) is 0.822. The van der Waals surface area contributed by atoms with Crippen molar-refractivity contribution in [3.8, 4) is 0 Å². The van der Waals surface area contributed by atoms with E-state index < -0.39 is 11.6 Å². The number of hydrogen-bond acceptors (Lipinski definition) is 1. The third kappa shape index (κ3) is 2.90. The van der Waals surface area contributed by atoms with Gasteiger partial charge in [-0.25, -0.2) is 8.78 Å². The summed E-state index contributed by atoms with van der Waals surface area (Å²) in [5.41, 5.74) is 1.94. The number of halogens is 3. The zero-order valence-electron chi connectivity index (χ0n) is 9.96. The van der Waals surface area contributed by atoms with Crippen molar-refractivity contribution >= 4 is 18.5 Å². The summed E-state index contributed by atoms with van der Waals surface area (Å²) in [6.45, 7) is 0. The molecule has 98 valence electrons. The summed E-state index contributed by atoms with van der Waals surface area (Å²) in [5.74, 6) is -1.01. The largest absolute Gasteiger partial charge is 0.311 e. The molecule has 0 radical (unpaired) electrons. The summed E-state index contributed by atoms with van der Waals surface area (Å²) in [7, 11) is 0. The van der Waals surface area contributed by atoms with Crippen LogP contribution in [-0.4, -0.2) is 12.1 Å². The van der Waals surface area contributed by atoms with Crippen LogP contribution in [0, 0.1) is 11.6 Å². The van der Waals surface area contributed by atoms with Gasteiger partial charge in [0.15, 0.2) is 0 Å². The van der Waals surface area contributed by atoms with Gasteiger partial charge in [-0.1, -0.05) is 11.6 Å². The fourth-order valence-electron chi connectivity index (χ4n) is 2.95. The smallest absolute Gasteiger partial charge is 0.126 e. The zero-order valence-corrected chi connectivity index (χ0v) is 10.8. The van der Waals surface area contributed by atoms with Gasteiger partial charge in [0.05, 0.1) is 0 Å². The first-order chi connectivity index (χ1) is 8.19. The number of nitrogens with one attached hydrogen (secondary N) is 1. The predicted octanol–water partition coefficient (Wildman–Crippen LogP) is 3.68. The lowest BCUT2D eigenvalue weighted by atomic mass is 9.97. The molecule has 0 aromatic heterocycles. The molecule has 0 aliphatic carbocycles. The number of fused-ring (bicyclic) bond motifs is 2. The number of piperidine rings is 1. The van der Waals surface area contributed by atoms with Crippen LogP contribution in [0.2, 0.25) is 0 Å². The second kappa shape index (κ2) is 5.37. The topological polar surface area (TPSA) is 12.0 Å². The van der Waals surface area contributed by atoms with E-state index in [1.807, 2.05) is 6.08 Å². The highest BCUT2D eigenvalue weighted by Crippen LogP contribution is 2.31. The molecule has 2 heterocycles. The Morgan fingerprint density at radius 1 is 1.00 bits per heavy atom. The van der Waals surface area contributed by atoms with Gasteiger partial charge >= 0.3 is 0 Å². The van der Waals surface area contributed by atoms with Crippen LogP contribution >= 0.6 is 12.4 Å². The summed E-state index contributed by atoms with van der Waals surface area (Å²) in [6.07, 6.45) is 6.40. The van der Waals surface area contributed by atoms with Crippen LogP contribution in [-0.2, 0) is 0 Å². The maximum Gasteiger partial charge on any atom is 0.126 e. The van der Waals surface area contributed by atoms with E-state index in [0.29, 0.717) is 17.6 Å². The van der Waals surface area contributed by atoms with Crippen molar-refractivity contribution in [2.75, 3.05) is 0 Å². The molecule has 2 bridgehead atoms. The monoisotopic (exact) mass is 271 g/mol. The fraction of sp³-hybridized carbons (Fsp3) is 0.429. The normalized spacial score (nSPS) is 25.8.